The van der Waals surface area contributed by atoms with Crippen LogP contribution in [-0.4, -0.2) is 38.9 Å². The monoisotopic (exact) mass is 367 g/mol. The molecule has 1 aliphatic rings. The van der Waals surface area contributed by atoms with Gasteiger partial charge in [0.1, 0.15) is 5.69 Å². The van der Waals surface area contributed by atoms with Crippen molar-refractivity contribution < 1.29 is 18.1 Å². The minimum absolute atomic E-state index is 0.0359. The Morgan fingerprint density at radius 1 is 1.35 bits per heavy atom. The smallest absolute Gasteiger partial charge is 0.350 e. The molecule has 0 bridgehead atoms. The van der Waals surface area contributed by atoms with E-state index in [0.717, 1.165) is 24.4 Å². The lowest BCUT2D eigenvalue weighted by Gasteiger charge is -2.17. The predicted octanol–water partition coefficient (Wildman–Crippen LogP) is 3.09. The largest absolute Gasteiger partial charge is 0.433 e. The molecule has 2 heterocycles. The molecule has 0 saturated carbocycles. The Bertz CT molecular complexity index is 799. The van der Waals surface area contributed by atoms with Gasteiger partial charge in [-0.1, -0.05) is 12.1 Å². The zero-order chi connectivity index (χ0) is 18.7. The Kier molecular flexibility index (Phi) is 5.03. The summed E-state index contributed by atoms with van der Waals surface area (Å²) in [4.78, 5) is 19.8. The zero-order valence-electron chi connectivity index (χ0n) is 13.6. The highest BCUT2D eigenvalue weighted by Gasteiger charge is 2.33. The van der Waals surface area contributed by atoms with Gasteiger partial charge in [-0.05, 0) is 18.1 Å². The summed E-state index contributed by atoms with van der Waals surface area (Å²) >= 11 is 0. The van der Waals surface area contributed by atoms with Crippen LogP contribution in [0.3, 0.4) is 0 Å². The van der Waals surface area contributed by atoms with Gasteiger partial charge in [-0.15, -0.1) is 0 Å². The fourth-order valence-electron chi connectivity index (χ4n) is 2.89. The van der Waals surface area contributed by atoms with Crippen LogP contribution in [0.15, 0.2) is 36.5 Å². The fourth-order valence-corrected chi connectivity index (χ4v) is 2.89. The van der Waals surface area contributed by atoms with Crippen LogP contribution in [0.4, 0.5) is 24.8 Å². The Morgan fingerprint density at radius 3 is 2.88 bits per heavy atom. The third-order valence-electron chi connectivity index (χ3n) is 4.08. The van der Waals surface area contributed by atoms with Gasteiger partial charge in [0.05, 0.1) is 4.92 Å². The minimum Gasteiger partial charge on any atom is -0.350 e. The summed E-state index contributed by atoms with van der Waals surface area (Å²) in [5.41, 5.74) is -0.134. The van der Waals surface area contributed by atoms with E-state index in [9.17, 15) is 23.3 Å². The molecule has 1 aromatic carbocycles. The summed E-state index contributed by atoms with van der Waals surface area (Å²) < 4.78 is 38.1. The third-order valence-corrected chi connectivity index (χ3v) is 4.08. The molecule has 26 heavy (non-hydrogen) atoms. The average molecular weight is 367 g/mol. The Balaban J connectivity index is 1.59. The number of rotatable bonds is 5. The molecule has 3 rings (SSSR count). The van der Waals surface area contributed by atoms with Gasteiger partial charge in [-0.3, -0.25) is 15.0 Å². The maximum atomic E-state index is 12.7. The summed E-state index contributed by atoms with van der Waals surface area (Å²) in [6, 6.07) is 7.14. The molecule has 7 nitrogen and oxygen atoms in total. The molecule has 1 fully saturated rings. The van der Waals surface area contributed by atoms with Crippen molar-refractivity contribution in [3.8, 4) is 0 Å². The van der Waals surface area contributed by atoms with Crippen molar-refractivity contribution in [1.29, 1.82) is 0 Å². The summed E-state index contributed by atoms with van der Waals surface area (Å²) in [7, 11) is 0. The second-order valence-corrected chi connectivity index (χ2v) is 6.06. The van der Waals surface area contributed by atoms with Gasteiger partial charge in [-0.25, -0.2) is 9.97 Å². The van der Waals surface area contributed by atoms with Crippen molar-refractivity contribution >= 4 is 11.6 Å². The number of nitro groups is 1. The lowest BCUT2D eigenvalue weighted by atomic mass is 10.2. The number of nitrogens with one attached hydrogen (secondary N) is 1. The van der Waals surface area contributed by atoms with Gasteiger partial charge in [0.2, 0.25) is 5.95 Å². The number of aromatic nitrogens is 2. The second-order valence-electron chi connectivity index (χ2n) is 6.06. The number of likely N-dealkylation sites (tertiary alicyclic amines) is 1. The van der Waals surface area contributed by atoms with Gasteiger partial charge in [0.15, 0.2) is 0 Å². The molecule has 1 atom stereocenters. The van der Waals surface area contributed by atoms with E-state index in [1.807, 2.05) is 6.07 Å². The maximum absolute atomic E-state index is 12.7. The molecule has 0 aliphatic carbocycles. The molecule has 10 heteroatoms. The van der Waals surface area contributed by atoms with Crippen molar-refractivity contribution in [2.24, 2.45) is 0 Å². The summed E-state index contributed by atoms with van der Waals surface area (Å²) in [5.74, 6) is -0.0537. The number of non-ortho nitro benzene ring substituents is 1. The van der Waals surface area contributed by atoms with E-state index in [-0.39, 0.29) is 17.7 Å². The molecule has 1 aliphatic heterocycles. The van der Waals surface area contributed by atoms with E-state index in [0.29, 0.717) is 19.5 Å². The van der Waals surface area contributed by atoms with E-state index in [1.165, 1.54) is 12.1 Å². The topological polar surface area (TPSA) is 84.2 Å². The lowest BCUT2D eigenvalue weighted by molar-refractivity contribution is -0.384. The molecule has 1 N–H and O–H groups in total. The number of anilines is 1. The normalized spacial score (nSPS) is 18.0. The average Bonchev–Trinajstić information content (AvgIpc) is 3.01. The van der Waals surface area contributed by atoms with Crippen molar-refractivity contribution in [3.63, 3.8) is 0 Å². The first-order valence-electron chi connectivity index (χ1n) is 7.94. The Labute approximate surface area is 147 Å². The van der Waals surface area contributed by atoms with E-state index in [1.54, 1.807) is 6.07 Å². The molecule has 1 saturated heterocycles. The van der Waals surface area contributed by atoms with E-state index in [2.05, 4.69) is 20.2 Å². The van der Waals surface area contributed by atoms with Crippen molar-refractivity contribution in [3.05, 3.63) is 57.9 Å². The number of nitrogens with zero attached hydrogens (tertiary/aromatic N) is 4. The van der Waals surface area contributed by atoms with E-state index >= 15 is 0 Å². The van der Waals surface area contributed by atoms with Crippen LogP contribution >= 0.6 is 0 Å². The first-order valence-corrected chi connectivity index (χ1v) is 7.94. The lowest BCUT2D eigenvalue weighted by Crippen LogP contribution is -2.27. The number of hydrogen-bond acceptors (Lipinski definition) is 6. The highest BCUT2D eigenvalue weighted by Crippen LogP contribution is 2.28. The van der Waals surface area contributed by atoms with E-state index < -0.39 is 16.8 Å². The van der Waals surface area contributed by atoms with Crippen LogP contribution in [0.1, 0.15) is 17.7 Å². The maximum Gasteiger partial charge on any atom is 0.433 e. The highest BCUT2D eigenvalue weighted by molar-refractivity contribution is 5.34. The van der Waals surface area contributed by atoms with Gasteiger partial charge < -0.3 is 5.32 Å². The molecule has 2 aromatic rings. The molecular formula is C16H16F3N5O2. The van der Waals surface area contributed by atoms with Crippen LogP contribution in [0.2, 0.25) is 0 Å². The minimum atomic E-state index is -4.51. The summed E-state index contributed by atoms with van der Waals surface area (Å²) in [6.45, 7) is 1.84. The Morgan fingerprint density at radius 2 is 2.15 bits per heavy atom. The number of alkyl halides is 3. The zero-order valence-corrected chi connectivity index (χ0v) is 13.6. The quantitative estimate of drug-likeness (QED) is 0.646. The Hall–Kier alpha value is -2.75. The van der Waals surface area contributed by atoms with Crippen LogP contribution in [0.5, 0.6) is 0 Å². The van der Waals surface area contributed by atoms with Gasteiger partial charge >= 0.3 is 6.18 Å². The highest BCUT2D eigenvalue weighted by atomic mass is 19.4. The van der Waals surface area contributed by atoms with Gasteiger partial charge in [-0.2, -0.15) is 13.2 Å². The summed E-state index contributed by atoms with van der Waals surface area (Å²) in [5, 5.41) is 13.8. The molecule has 0 radical (unpaired) electrons. The fraction of sp³-hybridized carbons (Fsp3) is 0.375. The van der Waals surface area contributed by atoms with Crippen LogP contribution in [0, 0.1) is 10.1 Å². The predicted molar refractivity (Wildman–Crippen MR) is 87.4 cm³/mol. The molecule has 1 unspecified atom stereocenters. The van der Waals surface area contributed by atoms with Crippen molar-refractivity contribution in [1.82, 2.24) is 14.9 Å². The SMILES string of the molecule is O=[N+]([O-])c1cccc(CN2CCC(Nc3nccc(C(F)(F)F)n3)C2)c1. The molecule has 0 spiro atoms. The van der Waals surface area contributed by atoms with Crippen LogP contribution < -0.4 is 5.32 Å². The first kappa shape index (κ1) is 18.1. The van der Waals surface area contributed by atoms with Gasteiger partial charge in [0.25, 0.3) is 5.69 Å². The molecular weight excluding hydrogens is 351 g/mol. The molecule has 1 aromatic heterocycles. The van der Waals surface area contributed by atoms with Gasteiger partial charge in [0, 0.05) is 44.0 Å². The number of benzene rings is 1. The van der Waals surface area contributed by atoms with E-state index in [4.69, 9.17) is 0 Å². The molecule has 0 amide bonds. The number of hydrogen-bond donors (Lipinski definition) is 1. The summed E-state index contributed by atoms with van der Waals surface area (Å²) in [6.07, 6.45) is -2.72. The molecule has 138 valence electrons. The third kappa shape index (κ3) is 4.45. The van der Waals surface area contributed by atoms with Crippen LogP contribution in [0.25, 0.3) is 0 Å². The van der Waals surface area contributed by atoms with Crippen molar-refractivity contribution in [2.75, 3.05) is 18.4 Å². The first-order chi connectivity index (χ1) is 12.3. The second kappa shape index (κ2) is 7.24. The van der Waals surface area contributed by atoms with Crippen LogP contribution in [-0.2, 0) is 12.7 Å². The van der Waals surface area contributed by atoms with Crippen molar-refractivity contribution in [2.45, 2.75) is 25.2 Å². The standard InChI is InChI=1S/C16H16F3N5O2/c17-16(18,19)14-4-6-20-15(22-14)21-12-5-7-23(10-12)9-11-2-1-3-13(8-11)24(25)26/h1-4,6,8,12H,5,7,9-10H2,(H,20,21,22). The number of halogens is 3. The number of nitro benzene ring substituents is 1.